The number of hydrogen-bond donors (Lipinski definition) is 7. The predicted molar refractivity (Wildman–Crippen MR) is 66.1 cm³/mol. The van der Waals surface area contributed by atoms with Crippen LogP contribution in [0.5, 0.6) is 0 Å². The summed E-state index contributed by atoms with van der Waals surface area (Å²) in [6, 6.07) is 0. The van der Waals surface area contributed by atoms with Gasteiger partial charge in [0.05, 0.1) is 13.2 Å². The molecule has 0 aliphatic rings. The molecule has 0 aromatic heterocycles. The number of aliphatic carboxylic acids is 2. The Hall–Kier alpha value is -1.75. The van der Waals surface area contributed by atoms with Crippen LogP contribution < -0.4 is 0 Å². The number of aliphatic hydroxyl groups excluding tert-OH is 4. The first-order chi connectivity index (χ1) is 9.14. The number of carbonyl (C=O) groups is 3. The van der Waals surface area contributed by atoms with Gasteiger partial charge in [0.2, 0.25) is 0 Å². The van der Waals surface area contributed by atoms with E-state index in [0.29, 0.717) is 0 Å². The summed E-state index contributed by atoms with van der Waals surface area (Å²) in [5.41, 5.74) is 0. The van der Waals surface area contributed by atoms with Crippen molar-refractivity contribution in [1.82, 2.24) is 0 Å². The summed E-state index contributed by atoms with van der Waals surface area (Å²) in [5.74, 6) is -1.98. The third kappa shape index (κ3) is 55.5. The maximum absolute atomic E-state index is 9.68. The Labute approximate surface area is 115 Å². The van der Waals surface area contributed by atoms with E-state index in [1.165, 1.54) is 0 Å². The molecule has 0 aliphatic heterocycles. The Kier molecular flexibility index (Phi) is 30.0. The summed E-state index contributed by atoms with van der Waals surface area (Å²) >= 11 is 0. The molecule has 7 N–H and O–H groups in total. The fourth-order valence-electron chi connectivity index (χ4n) is 0.232. The van der Waals surface area contributed by atoms with Crippen molar-refractivity contribution >= 4 is 18.4 Å². The molecule has 0 aromatic carbocycles. The Balaban J connectivity index is -0.0000000899. The highest BCUT2D eigenvalue weighted by Crippen LogP contribution is 1.86. The molecule has 0 rings (SSSR count). The highest BCUT2D eigenvalue weighted by molar-refractivity contribution is 5.71. The molecular weight excluding hydrogens is 280 g/mol. The van der Waals surface area contributed by atoms with E-state index >= 15 is 0 Å². The maximum atomic E-state index is 9.68. The molecule has 0 spiro atoms. The normalized spacial score (nSPS) is 9.55. The summed E-state index contributed by atoms with van der Waals surface area (Å²) < 4.78 is 0. The van der Waals surface area contributed by atoms with Crippen LogP contribution in [-0.2, 0) is 14.4 Å². The molecule has 1 atom stereocenters. The van der Waals surface area contributed by atoms with Crippen LogP contribution >= 0.6 is 0 Å². The monoisotopic (exact) mass is 302 g/mol. The van der Waals surface area contributed by atoms with E-state index in [1.807, 2.05) is 0 Å². The van der Waals surface area contributed by atoms with E-state index in [4.69, 9.17) is 45.3 Å². The van der Waals surface area contributed by atoms with Gasteiger partial charge < -0.3 is 35.7 Å². The largest absolute Gasteiger partial charge is 0.483 e. The minimum absolute atomic E-state index is 0.250. The standard InChI is InChI=1S/C4H8O3.C3H8O3.C2H4O2.CH2O2/c1-2-3(5)4(6)7;4-1-3(6)2-5;1-2(3)4;2-1-3/h3,5H,2H2,1H3,(H,6,7);3-6H,1-2H2;1H3,(H,3,4);1H,(H,2,3). The van der Waals surface area contributed by atoms with Gasteiger partial charge in [-0.05, 0) is 6.42 Å². The topological polar surface area (TPSA) is 193 Å². The van der Waals surface area contributed by atoms with Crippen LogP contribution in [-0.4, -0.2) is 79.6 Å². The van der Waals surface area contributed by atoms with Crippen LogP contribution in [0.15, 0.2) is 0 Å². The van der Waals surface area contributed by atoms with E-state index in [-0.39, 0.29) is 26.1 Å². The number of carboxylic acid groups (broad SMARTS) is 3. The van der Waals surface area contributed by atoms with Crippen LogP contribution in [0.2, 0.25) is 0 Å². The van der Waals surface area contributed by atoms with Gasteiger partial charge in [-0.3, -0.25) is 9.59 Å². The summed E-state index contributed by atoms with van der Waals surface area (Å²) in [7, 11) is 0. The average Bonchev–Trinajstić information content (AvgIpc) is 2.37. The summed E-state index contributed by atoms with van der Waals surface area (Å²) in [6.45, 7) is 1.71. The smallest absolute Gasteiger partial charge is 0.332 e. The third-order valence-corrected chi connectivity index (χ3v) is 1.09. The van der Waals surface area contributed by atoms with Gasteiger partial charge in [0.25, 0.3) is 12.4 Å². The minimum Gasteiger partial charge on any atom is -0.483 e. The zero-order valence-electron chi connectivity index (χ0n) is 11.2. The molecule has 0 aromatic rings. The predicted octanol–water partition coefficient (Wildman–Crippen LogP) is -2.03. The van der Waals surface area contributed by atoms with Gasteiger partial charge in [0, 0.05) is 6.92 Å². The van der Waals surface area contributed by atoms with Crippen molar-refractivity contribution in [3.63, 3.8) is 0 Å². The molecule has 1 unspecified atom stereocenters. The van der Waals surface area contributed by atoms with E-state index in [0.717, 1.165) is 6.92 Å². The minimum atomic E-state index is -1.18. The average molecular weight is 302 g/mol. The van der Waals surface area contributed by atoms with Gasteiger partial charge in [-0.1, -0.05) is 6.92 Å². The molecule has 10 nitrogen and oxygen atoms in total. The lowest BCUT2D eigenvalue weighted by atomic mass is 10.3. The molecule has 0 amide bonds. The van der Waals surface area contributed by atoms with E-state index in [1.54, 1.807) is 6.92 Å². The zero-order valence-corrected chi connectivity index (χ0v) is 11.2. The first-order valence-corrected chi connectivity index (χ1v) is 5.22. The van der Waals surface area contributed by atoms with Crippen molar-refractivity contribution < 1.29 is 50.1 Å². The molecule has 0 saturated heterocycles. The number of rotatable bonds is 4. The Bertz CT molecular complexity index is 222. The zero-order chi connectivity index (χ0) is 17.1. The lowest BCUT2D eigenvalue weighted by molar-refractivity contribution is -0.146. The molecule has 10 heteroatoms. The summed E-state index contributed by atoms with van der Waals surface area (Å²) in [6.07, 6.45) is -1.86. The fourth-order valence-corrected chi connectivity index (χ4v) is 0.232. The van der Waals surface area contributed by atoms with Crippen molar-refractivity contribution in [2.75, 3.05) is 13.2 Å². The molecule has 0 bridgehead atoms. The van der Waals surface area contributed by atoms with Crippen LogP contribution in [0.25, 0.3) is 0 Å². The van der Waals surface area contributed by atoms with Crippen LogP contribution in [0.3, 0.4) is 0 Å². The van der Waals surface area contributed by atoms with Crippen LogP contribution in [0.4, 0.5) is 0 Å². The molecule has 0 saturated carbocycles. The van der Waals surface area contributed by atoms with Crippen molar-refractivity contribution in [3.05, 3.63) is 0 Å². The van der Waals surface area contributed by atoms with Crippen molar-refractivity contribution in [2.45, 2.75) is 32.5 Å². The lowest BCUT2D eigenvalue weighted by Gasteiger charge is -1.96. The molecule has 0 fully saturated rings. The van der Waals surface area contributed by atoms with Gasteiger partial charge in [-0.2, -0.15) is 0 Å². The first kappa shape index (κ1) is 26.7. The number of carboxylic acids is 2. The lowest BCUT2D eigenvalue weighted by Crippen LogP contribution is -2.17. The molecule has 0 radical (unpaired) electrons. The Morgan fingerprint density at radius 1 is 1.10 bits per heavy atom. The third-order valence-electron chi connectivity index (χ3n) is 1.09. The van der Waals surface area contributed by atoms with E-state index in [9.17, 15) is 4.79 Å². The van der Waals surface area contributed by atoms with E-state index in [2.05, 4.69) is 0 Å². The highest BCUT2D eigenvalue weighted by Gasteiger charge is 2.07. The number of aliphatic hydroxyl groups is 4. The number of hydrogen-bond acceptors (Lipinski definition) is 7. The maximum Gasteiger partial charge on any atom is 0.332 e. The van der Waals surface area contributed by atoms with Crippen molar-refractivity contribution in [3.8, 4) is 0 Å². The SMILES string of the molecule is CC(=O)O.CCC(O)C(=O)O.O=CO.OCC(O)CO. The van der Waals surface area contributed by atoms with Crippen LogP contribution in [0.1, 0.15) is 20.3 Å². The second-order valence-electron chi connectivity index (χ2n) is 2.91. The molecule has 20 heavy (non-hydrogen) atoms. The van der Waals surface area contributed by atoms with Gasteiger partial charge in [0.15, 0.2) is 6.10 Å². The van der Waals surface area contributed by atoms with Gasteiger partial charge in [-0.15, -0.1) is 0 Å². The van der Waals surface area contributed by atoms with Gasteiger partial charge in [0.1, 0.15) is 6.10 Å². The quantitative estimate of drug-likeness (QED) is 0.284. The van der Waals surface area contributed by atoms with Crippen LogP contribution in [0, 0.1) is 0 Å². The van der Waals surface area contributed by atoms with Gasteiger partial charge >= 0.3 is 5.97 Å². The second-order valence-corrected chi connectivity index (χ2v) is 2.91. The second kappa shape index (κ2) is 22.4. The van der Waals surface area contributed by atoms with Crippen molar-refractivity contribution in [2.24, 2.45) is 0 Å². The molecule has 0 heterocycles. The molecular formula is C10H22O10. The molecule has 0 aliphatic carbocycles. The summed E-state index contributed by atoms with van der Waals surface area (Å²) in [4.78, 5) is 27.0. The Morgan fingerprint density at radius 2 is 1.35 bits per heavy atom. The highest BCUT2D eigenvalue weighted by atomic mass is 16.4. The fraction of sp³-hybridized carbons (Fsp3) is 0.700. The Morgan fingerprint density at radius 3 is 1.35 bits per heavy atom. The van der Waals surface area contributed by atoms with Crippen molar-refractivity contribution in [1.29, 1.82) is 0 Å². The molecule has 122 valence electrons. The first-order valence-electron chi connectivity index (χ1n) is 5.22. The van der Waals surface area contributed by atoms with Gasteiger partial charge in [-0.25, -0.2) is 4.79 Å². The van der Waals surface area contributed by atoms with E-state index < -0.39 is 24.1 Å². The summed E-state index contributed by atoms with van der Waals surface area (Å²) in [5, 5.41) is 54.6.